The van der Waals surface area contributed by atoms with Gasteiger partial charge in [-0.3, -0.25) is 0 Å². The Hall–Kier alpha value is -0.480. The molecule has 1 nitrogen and oxygen atoms in total. The van der Waals surface area contributed by atoms with E-state index in [0.717, 1.165) is 12.8 Å². The molecule has 0 aromatic heterocycles. The molecule has 0 radical (unpaired) electrons. The number of hydrogen-bond acceptors (Lipinski definition) is 1. The maximum atomic E-state index is 9.39. The highest BCUT2D eigenvalue weighted by molar-refractivity contribution is 5.02. The van der Waals surface area contributed by atoms with E-state index in [1.807, 2.05) is 13.8 Å². The summed E-state index contributed by atoms with van der Waals surface area (Å²) >= 11 is 0. The Morgan fingerprint density at radius 2 is 2.18 bits per heavy atom. The third-order valence-corrected chi connectivity index (χ3v) is 2.70. The number of aliphatic hydroxyl groups is 1. The Bertz CT molecular complexity index is 179. The van der Waals surface area contributed by atoms with E-state index < -0.39 is 0 Å². The first kappa shape index (κ1) is 8.62. The van der Waals surface area contributed by atoms with Crippen molar-refractivity contribution in [2.24, 2.45) is 5.41 Å². The minimum Gasteiger partial charge on any atom is -0.393 e. The average Bonchev–Trinajstić information content (AvgIpc) is 2.70. The molecule has 1 heteroatoms. The summed E-state index contributed by atoms with van der Waals surface area (Å²) < 4.78 is 0. The van der Waals surface area contributed by atoms with E-state index in [0.29, 0.717) is 0 Å². The quantitative estimate of drug-likeness (QED) is 0.613. The van der Waals surface area contributed by atoms with Crippen LogP contribution in [0.5, 0.6) is 0 Å². The summed E-state index contributed by atoms with van der Waals surface area (Å²) in [5.41, 5.74) is 0.254. The SMILES string of the molecule is CC#CCCC1(C(C)O)CC1. The lowest BCUT2D eigenvalue weighted by Crippen LogP contribution is -2.17. The Balaban J connectivity index is 2.28. The van der Waals surface area contributed by atoms with Crippen molar-refractivity contribution in [2.45, 2.75) is 45.6 Å². The Kier molecular flexibility index (Phi) is 2.57. The van der Waals surface area contributed by atoms with Gasteiger partial charge in [-0.2, -0.15) is 0 Å². The van der Waals surface area contributed by atoms with Crippen LogP contribution in [0.2, 0.25) is 0 Å². The van der Waals surface area contributed by atoms with Gasteiger partial charge in [0.2, 0.25) is 0 Å². The van der Waals surface area contributed by atoms with Gasteiger partial charge in [-0.1, -0.05) is 0 Å². The Morgan fingerprint density at radius 3 is 2.55 bits per heavy atom. The van der Waals surface area contributed by atoms with Crippen LogP contribution in [-0.4, -0.2) is 11.2 Å². The average molecular weight is 152 g/mol. The molecule has 1 aliphatic carbocycles. The number of rotatable bonds is 3. The van der Waals surface area contributed by atoms with E-state index in [2.05, 4.69) is 11.8 Å². The first-order valence-corrected chi connectivity index (χ1v) is 4.29. The second kappa shape index (κ2) is 3.28. The predicted molar refractivity (Wildman–Crippen MR) is 46.0 cm³/mol. The lowest BCUT2D eigenvalue weighted by Gasteiger charge is -2.16. The highest BCUT2D eigenvalue weighted by Gasteiger charge is 2.45. The van der Waals surface area contributed by atoms with Crippen molar-refractivity contribution in [3.8, 4) is 11.8 Å². The molecule has 62 valence electrons. The molecule has 0 aromatic rings. The van der Waals surface area contributed by atoms with Gasteiger partial charge in [0.15, 0.2) is 0 Å². The van der Waals surface area contributed by atoms with Gasteiger partial charge in [-0.25, -0.2) is 0 Å². The standard InChI is InChI=1S/C10H16O/c1-3-4-5-6-10(7-8-10)9(2)11/h9,11H,5-8H2,1-2H3. The highest BCUT2D eigenvalue weighted by Crippen LogP contribution is 2.52. The molecule has 0 spiro atoms. The summed E-state index contributed by atoms with van der Waals surface area (Å²) in [5, 5.41) is 9.39. The van der Waals surface area contributed by atoms with Gasteiger partial charge in [0.25, 0.3) is 0 Å². The van der Waals surface area contributed by atoms with E-state index in [9.17, 15) is 5.11 Å². The smallest absolute Gasteiger partial charge is 0.0568 e. The van der Waals surface area contributed by atoms with Crippen LogP contribution in [0, 0.1) is 17.3 Å². The zero-order valence-corrected chi connectivity index (χ0v) is 7.35. The summed E-state index contributed by atoms with van der Waals surface area (Å²) in [4.78, 5) is 0. The van der Waals surface area contributed by atoms with E-state index in [1.54, 1.807) is 0 Å². The predicted octanol–water partition coefficient (Wildman–Crippen LogP) is 1.95. The number of aliphatic hydroxyl groups excluding tert-OH is 1. The topological polar surface area (TPSA) is 20.2 Å². The largest absolute Gasteiger partial charge is 0.393 e. The normalized spacial score (nSPS) is 21.7. The summed E-state index contributed by atoms with van der Waals surface area (Å²) in [6, 6.07) is 0. The highest BCUT2D eigenvalue weighted by atomic mass is 16.3. The van der Waals surface area contributed by atoms with Gasteiger partial charge in [0.1, 0.15) is 0 Å². The molecule has 0 heterocycles. The van der Waals surface area contributed by atoms with Crippen molar-refractivity contribution in [3.05, 3.63) is 0 Å². The van der Waals surface area contributed by atoms with E-state index >= 15 is 0 Å². The van der Waals surface area contributed by atoms with E-state index in [1.165, 1.54) is 12.8 Å². The lowest BCUT2D eigenvalue weighted by atomic mass is 9.95. The molecule has 1 saturated carbocycles. The maximum absolute atomic E-state index is 9.39. The van der Waals surface area contributed by atoms with Gasteiger partial charge < -0.3 is 5.11 Å². The summed E-state index contributed by atoms with van der Waals surface area (Å²) in [5.74, 6) is 5.91. The van der Waals surface area contributed by atoms with E-state index in [4.69, 9.17) is 0 Å². The minimum atomic E-state index is -0.138. The maximum Gasteiger partial charge on any atom is 0.0568 e. The molecule has 0 aromatic carbocycles. The van der Waals surface area contributed by atoms with Crippen molar-refractivity contribution < 1.29 is 5.11 Å². The number of hydrogen-bond donors (Lipinski definition) is 1. The monoisotopic (exact) mass is 152 g/mol. The van der Waals surface area contributed by atoms with Crippen LogP contribution in [0.1, 0.15) is 39.5 Å². The zero-order valence-electron chi connectivity index (χ0n) is 7.35. The fraction of sp³-hybridized carbons (Fsp3) is 0.800. The summed E-state index contributed by atoms with van der Waals surface area (Å²) in [7, 11) is 0. The van der Waals surface area contributed by atoms with Gasteiger partial charge in [0, 0.05) is 6.42 Å². The molecule has 1 aliphatic rings. The molecule has 1 rings (SSSR count). The molecule has 11 heavy (non-hydrogen) atoms. The molecule has 1 unspecified atom stereocenters. The molecular formula is C10H16O. The van der Waals surface area contributed by atoms with Crippen molar-refractivity contribution in [2.75, 3.05) is 0 Å². The van der Waals surface area contributed by atoms with Crippen LogP contribution in [0.3, 0.4) is 0 Å². The molecular weight excluding hydrogens is 136 g/mol. The molecule has 1 fully saturated rings. The van der Waals surface area contributed by atoms with Crippen LogP contribution in [0.15, 0.2) is 0 Å². The van der Waals surface area contributed by atoms with Crippen LogP contribution >= 0.6 is 0 Å². The lowest BCUT2D eigenvalue weighted by molar-refractivity contribution is 0.105. The molecule has 1 N–H and O–H groups in total. The molecule has 0 bridgehead atoms. The van der Waals surface area contributed by atoms with Gasteiger partial charge in [0.05, 0.1) is 6.10 Å². The Labute approximate surface area is 68.8 Å². The van der Waals surface area contributed by atoms with Crippen LogP contribution in [0.25, 0.3) is 0 Å². The third kappa shape index (κ3) is 1.97. The van der Waals surface area contributed by atoms with Crippen LogP contribution in [-0.2, 0) is 0 Å². The fourth-order valence-corrected chi connectivity index (χ4v) is 1.47. The van der Waals surface area contributed by atoms with Crippen LogP contribution < -0.4 is 0 Å². The van der Waals surface area contributed by atoms with E-state index in [-0.39, 0.29) is 11.5 Å². The van der Waals surface area contributed by atoms with Crippen molar-refractivity contribution in [1.29, 1.82) is 0 Å². The molecule has 1 atom stereocenters. The van der Waals surface area contributed by atoms with Gasteiger partial charge >= 0.3 is 0 Å². The first-order valence-electron chi connectivity index (χ1n) is 4.29. The minimum absolute atomic E-state index is 0.138. The third-order valence-electron chi connectivity index (χ3n) is 2.70. The van der Waals surface area contributed by atoms with Crippen molar-refractivity contribution in [3.63, 3.8) is 0 Å². The Morgan fingerprint density at radius 1 is 1.55 bits per heavy atom. The van der Waals surface area contributed by atoms with Crippen molar-refractivity contribution >= 4 is 0 Å². The molecule has 0 aliphatic heterocycles. The summed E-state index contributed by atoms with van der Waals surface area (Å²) in [6.45, 7) is 3.76. The fourth-order valence-electron chi connectivity index (χ4n) is 1.47. The first-order chi connectivity index (χ1) is 5.21. The molecule has 0 amide bonds. The zero-order chi connectivity index (χ0) is 8.32. The van der Waals surface area contributed by atoms with Crippen LogP contribution in [0.4, 0.5) is 0 Å². The second-order valence-corrected chi connectivity index (χ2v) is 3.47. The van der Waals surface area contributed by atoms with Gasteiger partial charge in [-0.15, -0.1) is 11.8 Å². The molecule has 0 saturated heterocycles. The second-order valence-electron chi connectivity index (χ2n) is 3.47. The summed E-state index contributed by atoms with van der Waals surface area (Å²) in [6.07, 6.45) is 4.26. The van der Waals surface area contributed by atoms with Crippen molar-refractivity contribution in [1.82, 2.24) is 0 Å². The van der Waals surface area contributed by atoms with Gasteiger partial charge in [-0.05, 0) is 38.5 Å².